The minimum atomic E-state index is -2.24. The molecule has 0 radical (unpaired) electrons. The second-order valence-corrected chi connectivity index (χ2v) is 32.5. The number of phenols is 1. The fourth-order valence-electron chi connectivity index (χ4n) is 17.1. The van der Waals surface area contributed by atoms with E-state index in [9.17, 15) is 54.6 Å². The molecule has 1 aromatic rings. The summed E-state index contributed by atoms with van der Waals surface area (Å²) in [5.74, 6) is -15.9. The number of hydrogen-bond acceptors (Lipinski definition) is 28. The molecule has 7 aliphatic heterocycles. The molecule has 1 aliphatic carbocycles. The number of ketones is 4. The van der Waals surface area contributed by atoms with E-state index in [0.29, 0.717) is 6.42 Å². The van der Waals surface area contributed by atoms with Crippen molar-refractivity contribution in [2.45, 2.75) is 265 Å². The number of likely N-dealkylation sites (N-methyl/N-ethyl adjacent to an activating group) is 1. The van der Waals surface area contributed by atoms with E-state index in [-0.39, 0.29) is 74.1 Å². The van der Waals surface area contributed by atoms with Crippen molar-refractivity contribution >= 4 is 47.1 Å². The number of nitrogens with one attached hydrogen (secondary N) is 1. The number of Topliss-reactive ketones (excluding diaryl/α,β-unsaturated/α-hetero) is 4. The lowest BCUT2D eigenvalue weighted by atomic mass is 9.74. The summed E-state index contributed by atoms with van der Waals surface area (Å²) in [6.07, 6.45) is -9.31. The molecule has 27 atom stereocenters. The first kappa shape index (κ1) is 88.8. The van der Waals surface area contributed by atoms with Crippen LogP contribution in [0.3, 0.4) is 0 Å². The molecule has 5 bridgehead atoms. The Morgan fingerprint density at radius 3 is 1.94 bits per heavy atom. The average molecular weight is 1550 g/mol. The molecule has 30 heteroatoms. The van der Waals surface area contributed by atoms with Gasteiger partial charge in [0.2, 0.25) is 11.6 Å². The predicted octanol–water partition coefficient (Wildman–Crippen LogP) is 6.17. The highest BCUT2D eigenvalue weighted by atomic mass is 16.7. The third kappa shape index (κ3) is 17.8. The van der Waals surface area contributed by atoms with Gasteiger partial charge in [-0.2, -0.15) is 0 Å². The van der Waals surface area contributed by atoms with Crippen LogP contribution < -0.4 is 10.1 Å². The van der Waals surface area contributed by atoms with Crippen molar-refractivity contribution in [3.05, 3.63) is 69.8 Å². The number of aromatic hydroxyl groups is 1. The quantitative estimate of drug-likeness (QED) is 0.0908. The number of piperazine rings is 1. The molecule has 9 rings (SSSR count). The van der Waals surface area contributed by atoms with Gasteiger partial charge in [0.1, 0.15) is 58.2 Å². The molecule has 4 saturated heterocycles. The van der Waals surface area contributed by atoms with Gasteiger partial charge in [-0.15, -0.1) is 0 Å². The molecule has 0 unspecified atom stereocenters. The zero-order valence-corrected chi connectivity index (χ0v) is 68.0. The van der Waals surface area contributed by atoms with Crippen molar-refractivity contribution in [3.63, 3.8) is 0 Å². The molecule has 7 heterocycles. The van der Waals surface area contributed by atoms with Gasteiger partial charge in [0.15, 0.2) is 18.7 Å². The first-order chi connectivity index (χ1) is 51.3. The van der Waals surface area contributed by atoms with Gasteiger partial charge in [0.05, 0.1) is 83.3 Å². The number of esters is 2. The molecule has 110 heavy (non-hydrogen) atoms. The lowest BCUT2D eigenvalue weighted by Gasteiger charge is -2.50. The lowest BCUT2D eigenvalue weighted by Crippen LogP contribution is -2.62. The monoisotopic (exact) mass is 1550 g/mol. The SMILES string of the molecule is CC[C@H]1OC(=O)[C@H](C)[C@@H](O[C@H]2C[C@@](C)(OC)[C@@H](OC(=O)N3CCN(C4=C5NC(=O)/C(C)=C\C=C\[C@H](C)[C@H](O)[C@@H](C)[C@@H](O)[C@@H](C)[C@H](OC(C)=O)[C@H](C)[C@@H](OC)/C=C/O[C@@]6(C)Oc7c(C)c(O)c(c(c7C6=O)C4=O)C5=O)CC3)[C@H](C)O2)[C@H](C)[C@@H](O[C@@H]2O[C@H](C)C[C@H](N(C)C)[C@H]2O)[C@](C)(OC)C[C@@H](C)C(=O)[C@H](C)[C@@H](O)[C@]1(C)O. The number of amides is 2. The number of ether oxygens (including phenoxy) is 12. The number of aliphatic hydroxyl groups excluding tert-OH is 4. The van der Waals surface area contributed by atoms with Crippen LogP contribution in [-0.4, -0.2) is 268 Å². The summed E-state index contributed by atoms with van der Waals surface area (Å²) < 4.78 is 76.1. The number of methoxy groups -OCH3 is 3. The number of nitrogens with zero attached hydrogens (tertiary/aromatic N) is 3. The minimum Gasteiger partial charge on any atom is -0.507 e. The van der Waals surface area contributed by atoms with E-state index < -0.39 is 231 Å². The molecule has 4 fully saturated rings. The summed E-state index contributed by atoms with van der Waals surface area (Å²) in [6.45, 7) is 27.9. The highest BCUT2D eigenvalue weighted by Gasteiger charge is 2.58. The third-order valence-electron chi connectivity index (χ3n) is 24.2. The summed E-state index contributed by atoms with van der Waals surface area (Å²) in [5.41, 5.74) is -7.48. The van der Waals surface area contributed by atoms with Gasteiger partial charge in [0.25, 0.3) is 11.7 Å². The Balaban J connectivity index is 1.10. The lowest BCUT2D eigenvalue weighted by molar-refractivity contribution is -0.319. The first-order valence-electron chi connectivity index (χ1n) is 38.3. The van der Waals surface area contributed by atoms with Gasteiger partial charge in [0, 0.05) is 126 Å². The van der Waals surface area contributed by atoms with Crippen LogP contribution in [-0.2, 0) is 71.3 Å². The third-order valence-corrected chi connectivity index (χ3v) is 24.2. The largest absolute Gasteiger partial charge is 0.507 e. The number of carbonyl (C=O) groups is 8. The van der Waals surface area contributed by atoms with E-state index >= 15 is 14.4 Å². The summed E-state index contributed by atoms with van der Waals surface area (Å²) in [4.78, 5) is 122. The molecule has 30 nitrogen and oxygen atoms in total. The second-order valence-electron chi connectivity index (χ2n) is 32.5. The van der Waals surface area contributed by atoms with Crippen molar-refractivity contribution < 1.29 is 126 Å². The van der Waals surface area contributed by atoms with Crippen LogP contribution in [0.2, 0.25) is 0 Å². The molecule has 0 aromatic heterocycles. The molecule has 616 valence electrons. The fraction of sp³-hybridized carbons (Fsp3) is 0.725. The molecule has 2 amide bonds. The number of aliphatic hydroxyl groups is 5. The van der Waals surface area contributed by atoms with Gasteiger partial charge >= 0.3 is 23.8 Å². The van der Waals surface area contributed by atoms with E-state index in [0.717, 1.165) is 6.26 Å². The number of fused-ring (bicyclic) bond motifs is 14. The van der Waals surface area contributed by atoms with E-state index in [4.69, 9.17) is 56.8 Å². The van der Waals surface area contributed by atoms with Crippen molar-refractivity contribution in [2.24, 2.45) is 47.3 Å². The van der Waals surface area contributed by atoms with Gasteiger partial charge in [-0.25, -0.2) is 4.79 Å². The highest BCUT2D eigenvalue weighted by Crippen LogP contribution is 2.50. The van der Waals surface area contributed by atoms with E-state index in [1.165, 1.54) is 90.9 Å². The normalized spacial score (nSPS) is 40.8. The summed E-state index contributed by atoms with van der Waals surface area (Å²) >= 11 is 0. The highest BCUT2D eigenvalue weighted by molar-refractivity contribution is 6.32. The van der Waals surface area contributed by atoms with Crippen molar-refractivity contribution in [2.75, 3.05) is 61.6 Å². The number of benzene rings is 1. The Kier molecular flexibility index (Phi) is 28.5. The van der Waals surface area contributed by atoms with Gasteiger partial charge in [-0.05, 0) is 94.8 Å². The maximum absolute atomic E-state index is 15.7. The molecule has 8 aliphatic rings. The number of carbonyl (C=O) groups excluding carboxylic acids is 8. The van der Waals surface area contributed by atoms with Crippen LogP contribution in [0.4, 0.5) is 4.79 Å². The Labute approximate surface area is 645 Å². The van der Waals surface area contributed by atoms with Crippen LogP contribution in [0.1, 0.15) is 180 Å². The van der Waals surface area contributed by atoms with Crippen molar-refractivity contribution in [3.8, 4) is 11.5 Å². The number of phenolic OH excluding ortho intramolecular Hbond substituents is 1. The molecule has 7 N–H and O–H groups in total. The van der Waals surface area contributed by atoms with Crippen LogP contribution in [0.5, 0.6) is 11.5 Å². The molecule has 0 saturated carbocycles. The number of allylic oxidation sites excluding steroid dienone is 4. The van der Waals surface area contributed by atoms with E-state index in [1.807, 2.05) is 25.9 Å². The molecular weight excluding hydrogens is 1430 g/mol. The smallest absolute Gasteiger partial charge is 0.410 e. The van der Waals surface area contributed by atoms with E-state index in [2.05, 4.69) is 5.32 Å². The summed E-state index contributed by atoms with van der Waals surface area (Å²) in [6, 6.07) is -0.408. The second kappa shape index (κ2) is 35.3. The maximum atomic E-state index is 15.7. The Morgan fingerprint density at radius 1 is 0.718 bits per heavy atom. The van der Waals surface area contributed by atoms with Gasteiger partial charge < -0.3 is 107 Å². The maximum Gasteiger partial charge on any atom is 0.410 e. The molecular formula is C80H120N4O26. The van der Waals surface area contributed by atoms with Gasteiger partial charge in [-0.3, -0.25) is 33.6 Å². The minimum absolute atomic E-state index is 0.0170. The Morgan fingerprint density at radius 2 is 1.35 bits per heavy atom. The number of rotatable bonds is 12. The standard InChI is InChI=1S/C80H120N4O26/c1-24-52-79(17,98)69(93)45(10)60(87)39(4)35-77(15,100-22)71(108-75-63(90)50(82(19)20)34-40(5)103-75)46(11)67(47(12)74(96)106-52)107-53-36-78(16,101-23)72(48(13)104-53)109-76(97)84-31-29-83(30-32-84)58-57-64(91)55-54(65(58)92)56-68(44(9)62(55)89)110-80(18,70(56)94)102-33-28-51(99-21)41(6)66(105-49(14)85)43(8)61(88)42(7)59(86)37(2)26-25-27-38(3)73(95)81-57/h25-28,33,37,39-43,45-48,50-53,59,61,63,66-67,69,71-72,75,86,88-90,93,98H,24,29-32,34-36H2,1-23H3,(H,81,95)/b26-25+,33-28+,38-27-/t37-,39+,40+,41+,42+,43+,45-,46-,47+,48-,50-,51-,52+,53-,59-,61+,63+,66+,67-,69+,71+,72-,75-,77+,78+,79+,80-/m0/s1. The first-order valence-corrected chi connectivity index (χ1v) is 38.3. The Bertz CT molecular complexity index is 3700. The number of hydrogen-bond donors (Lipinski definition) is 7. The zero-order chi connectivity index (χ0) is 82.2. The Hall–Kier alpha value is -6.78. The molecule has 0 spiro atoms. The summed E-state index contributed by atoms with van der Waals surface area (Å²) in [5, 5.41) is 73.8. The van der Waals surface area contributed by atoms with Gasteiger partial charge in [-0.1, -0.05) is 73.6 Å². The van der Waals surface area contributed by atoms with E-state index in [1.54, 1.807) is 82.2 Å². The van der Waals surface area contributed by atoms with Crippen LogP contribution in [0, 0.1) is 54.3 Å². The number of cyclic esters (lactones) is 1. The topological polar surface area (TPSA) is 390 Å². The van der Waals surface area contributed by atoms with Crippen LogP contribution in [0.15, 0.2) is 47.5 Å². The van der Waals surface area contributed by atoms with Crippen LogP contribution in [0.25, 0.3) is 0 Å². The molecule has 1 aromatic carbocycles. The zero-order valence-electron chi connectivity index (χ0n) is 68.0. The summed E-state index contributed by atoms with van der Waals surface area (Å²) in [7, 11) is 7.93. The van der Waals surface area contributed by atoms with Crippen molar-refractivity contribution in [1.82, 2.24) is 20.0 Å². The van der Waals surface area contributed by atoms with Crippen LogP contribution >= 0.6 is 0 Å². The fourth-order valence-corrected chi connectivity index (χ4v) is 17.1. The van der Waals surface area contributed by atoms with Crippen molar-refractivity contribution in [1.29, 1.82) is 0 Å². The average Bonchev–Trinajstić information content (AvgIpc) is 1.49. The predicted molar refractivity (Wildman–Crippen MR) is 397 cm³/mol.